The first kappa shape index (κ1) is 88.5. The number of hydrogen-bond donors (Lipinski definition) is 13. The lowest BCUT2D eigenvalue weighted by molar-refractivity contribution is -0.00938. The number of aryl methyl sites for hydroxylation is 4. The summed E-state index contributed by atoms with van der Waals surface area (Å²) in [6.07, 6.45) is 12.8. The Balaban J connectivity index is 0.000000177. The number of hydrogen-bond acceptors (Lipinski definition) is 29. The second-order valence-electron chi connectivity index (χ2n) is 27.1. The summed E-state index contributed by atoms with van der Waals surface area (Å²) in [7, 11) is 6.48. The zero-order valence-electron chi connectivity index (χ0n) is 65.7. The van der Waals surface area contributed by atoms with Crippen LogP contribution in [-0.2, 0) is 26.2 Å². The second-order valence-corrected chi connectivity index (χ2v) is 28.5. The van der Waals surface area contributed by atoms with E-state index in [4.69, 9.17) is 93.4 Å². The van der Waals surface area contributed by atoms with Crippen molar-refractivity contribution in [2.45, 2.75) is 118 Å². The summed E-state index contributed by atoms with van der Waals surface area (Å²) >= 11 is 25.2. The lowest BCUT2D eigenvalue weighted by Gasteiger charge is -2.14. The van der Waals surface area contributed by atoms with Crippen molar-refractivity contribution < 1.29 is 64.9 Å². The number of aromatic nitrogens is 16. The molecule has 0 spiro atoms. The molecule has 12 rings (SSSR count). The van der Waals surface area contributed by atoms with E-state index in [-0.39, 0.29) is 44.4 Å². The zero-order valence-corrected chi connectivity index (χ0v) is 68.7. The average Bonchev–Trinajstić information content (AvgIpc) is 1.64. The predicted molar refractivity (Wildman–Crippen MR) is 440 cm³/mol. The van der Waals surface area contributed by atoms with Crippen LogP contribution in [0, 0.1) is 103 Å². The van der Waals surface area contributed by atoms with Crippen molar-refractivity contribution in [1.29, 1.82) is 0 Å². The van der Waals surface area contributed by atoms with E-state index in [1.807, 2.05) is 69.1 Å². The van der Waals surface area contributed by atoms with Gasteiger partial charge in [-0.15, -0.1) is 0 Å². The molecule has 17 N–H and O–H groups in total. The molecule has 116 heavy (non-hydrogen) atoms. The molecular weight excluding hydrogens is 1580 g/mol. The Labute approximate surface area is 686 Å². The van der Waals surface area contributed by atoms with E-state index in [0.717, 1.165) is 90.3 Å². The average molecular weight is 1670 g/mol. The third-order valence-corrected chi connectivity index (χ3v) is 19.2. The van der Waals surface area contributed by atoms with Gasteiger partial charge >= 0.3 is 0 Å². The lowest BCUT2D eigenvalue weighted by atomic mass is 10.1. The summed E-state index contributed by atoms with van der Waals surface area (Å²) in [5.41, 5.74) is 32.5. The maximum absolute atomic E-state index is 10.0. The van der Waals surface area contributed by atoms with Gasteiger partial charge in [-0.3, -0.25) is 19.9 Å². The Bertz CT molecular complexity index is 5810. The lowest BCUT2D eigenvalue weighted by Crippen LogP contribution is -2.35. The molecule has 0 aromatic carbocycles. The normalized spacial score (nSPS) is 12.4. The maximum Gasteiger partial charge on any atom is 0.223 e. The van der Waals surface area contributed by atoms with Gasteiger partial charge in [0.25, 0.3) is 0 Å². The molecule has 0 radical (unpaired) electrons. The molecule has 3 atom stereocenters. The van der Waals surface area contributed by atoms with Gasteiger partial charge in [0.05, 0.1) is 154 Å². The van der Waals surface area contributed by atoms with E-state index < -0.39 is 55.9 Å². The number of ether oxygens (including phenoxy) is 4. The minimum absolute atomic E-state index is 0.000233. The van der Waals surface area contributed by atoms with Crippen molar-refractivity contribution in [3.63, 3.8) is 0 Å². The molecule has 0 aliphatic rings. The van der Waals surface area contributed by atoms with Crippen molar-refractivity contribution >= 4 is 114 Å². The highest BCUT2D eigenvalue weighted by Gasteiger charge is 2.26. The van der Waals surface area contributed by atoms with Gasteiger partial charge in [-0.05, 0) is 69.2 Å². The molecule has 0 saturated heterocycles. The first-order valence-corrected chi connectivity index (χ1v) is 36.7. The van der Waals surface area contributed by atoms with Crippen LogP contribution in [0.5, 0.6) is 23.0 Å². The summed E-state index contributed by atoms with van der Waals surface area (Å²) < 4.78 is 29.1. The summed E-state index contributed by atoms with van der Waals surface area (Å²) in [6, 6.07) is 0. The molecule has 33 nitrogen and oxygen atoms in total. The van der Waals surface area contributed by atoms with Gasteiger partial charge in [-0.2, -0.15) is 19.9 Å². The Morgan fingerprint density at radius 1 is 0.388 bits per heavy atom. The molecule has 0 bridgehead atoms. The van der Waals surface area contributed by atoms with Crippen LogP contribution < -0.4 is 41.9 Å². The fourth-order valence-corrected chi connectivity index (χ4v) is 13.2. The fourth-order valence-electron chi connectivity index (χ4n) is 12.1. The summed E-state index contributed by atoms with van der Waals surface area (Å²) in [6.45, 7) is 16.9. The van der Waals surface area contributed by atoms with E-state index in [0.29, 0.717) is 92.6 Å². The first-order valence-electron chi connectivity index (χ1n) is 35.2. The quantitative estimate of drug-likeness (QED) is 0.0372. The van der Waals surface area contributed by atoms with Crippen LogP contribution in [-0.4, -0.2) is 208 Å². The number of anilines is 4. The SMILES string of the molecule is COc1c(C)cnc(Cn2cc(C#CC(O)(CO)CO)c3c(Cl)nc(N)nc32)c1C.COc1c(C)cnc(Cn2cc(C#C[C@@H](O)CO)c3c(Cl)nc(N)nc32)c1C.COc1c(C)cnc(Cn2cc(C#C[C@@](C)(O)CO)c3c(Cl)nc(N)nc32)c1C.COc1c(C)cnc(Cn2cc(C#C[C@](C)(O)CO)c3c(Cl)nc(N)nc32)c1C. The maximum atomic E-state index is 10.0. The molecule has 0 unspecified atom stereocenters. The number of nitrogens with two attached hydrogens (primary N) is 4. The topological polar surface area (TPSA) is 497 Å². The first-order chi connectivity index (χ1) is 54.9. The predicted octanol–water partition coefficient (Wildman–Crippen LogP) is 5.90. The van der Waals surface area contributed by atoms with Gasteiger partial charge in [-0.25, -0.2) is 19.9 Å². The minimum Gasteiger partial charge on any atom is -0.496 e. The van der Waals surface area contributed by atoms with Gasteiger partial charge in [0.1, 0.15) is 83.5 Å². The molecule has 0 aliphatic carbocycles. The summed E-state index contributed by atoms with van der Waals surface area (Å²) in [4.78, 5) is 51.3. The number of aliphatic hydroxyl groups excluding tert-OH is 6. The van der Waals surface area contributed by atoms with E-state index in [1.165, 1.54) is 13.8 Å². The Hall–Kier alpha value is -11.5. The molecule has 12 heterocycles. The molecular formula is C79H86Cl4N20O13. The molecule has 12 aromatic heterocycles. The molecule has 12 aromatic rings. The molecule has 0 aliphatic heterocycles. The largest absolute Gasteiger partial charge is 0.496 e. The number of aliphatic hydroxyl groups is 9. The van der Waals surface area contributed by atoms with Gasteiger partial charge in [0.15, 0.2) is 5.60 Å². The number of pyridine rings is 4. The minimum atomic E-state index is -1.95. The zero-order chi connectivity index (χ0) is 85.2. The van der Waals surface area contributed by atoms with Crippen LogP contribution in [0.1, 0.15) is 103 Å². The summed E-state index contributed by atoms with van der Waals surface area (Å²) in [5.74, 6) is 24.8. The third-order valence-electron chi connectivity index (χ3n) is 18.1. The fraction of sp³-hybridized carbons (Fsp3) is 0.342. The Kier molecular flexibility index (Phi) is 28.5. The van der Waals surface area contributed by atoms with E-state index in [9.17, 15) is 40.9 Å². The number of nitrogen functional groups attached to an aromatic ring is 4. The smallest absolute Gasteiger partial charge is 0.223 e. The van der Waals surface area contributed by atoms with Crippen LogP contribution in [0.4, 0.5) is 23.8 Å². The molecule has 0 saturated carbocycles. The molecule has 0 fully saturated rings. The molecule has 0 amide bonds. The standard InChI is InChI=1S/C20H22ClN5O4.2C20H22ClN5O3.C19H20ClN5O3/c1-11-6-23-14(12(2)16(11)30-3)8-26-7-13(4-5-20(29,9-27)10-28)15-17(21)24-19(22)25-18(15)26;2*1-11-7-23-14(12(2)16(11)29-4)9-26-8-13(5-6-20(3,28)10-27)15-17(21)24-19(22)25-18(15)26;1-10-6-22-14(11(2)16(10)28-3)8-25-7-12(4-5-13(27)9-26)15-17(20)23-19(21)24-18(15)25/h6-7,27-29H,8-10H2,1-3H3,(H2,22,24,25);2*7-8,27-28H,9-10H2,1-4H3,(H2,22,24,25);6-7,13,26-27H,8-9H2,1-3H3,(H2,21,23,24)/t;2*20-;13-/m.101/s1. The van der Waals surface area contributed by atoms with E-state index in [2.05, 4.69) is 107 Å². The van der Waals surface area contributed by atoms with Crippen molar-refractivity contribution in [3.8, 4) is 70.4 Å². The van der Waals surface area contributed by atoms with Crippen LogP contribution in [0.25, 0.3) is 44.1 Å². The molecule has 608 valence electrons. The van der Waals surface area contributed by atoms with Crippen LogP contribution in [0.15, 0.2) is 49.6 Å². The number of nitrogens with zero attached hydrogens (tertiary/aromatic N) is 16. The van der Waals surface area contributed by atoms with Gasteiger partial charge in [0, 0.05) is 94.1 Å². The Morgan fingerprint density at radius 2 is 0.629 bits per heavy atom. The Morgan fingerprint density at radius 3 is 0.853 bits per heavy atom. The van der Waals surface area contributed by atoms with Crippen molar-refractivity contribution in [2.75, 3.05) is 84.4 Å². The number of fused-ring (bicyclic) bond motifs is 4. The number of methoxy groups -OCH3 is 4. The van der Waals surface area contributed by atoms with Crippen LogP contribution in [0.2, 0.25) is 20.6 Å². The van der Waals surface area contributed by atoms with Gasteiger partial charge < -0.3 is 106 Å². The highest BCUT2D eigenvalue weighted by molar-refractivity contribution is 6.36. The van der Waals surface area contributed by atoms with Crippen molar-refractivity contribution in [1.82, 2.24) is 78.1 Å². The third kappa shape index (κ3) is 20.1. The number of halogens is 4. The monoisotopic (exact) mass is 1660 g/mol. The highest BCUT2D eigenvalue weighted by Crippen LogP contribution is 2.36. The van der Waals surface area contributed by atoms with Crippen molar-refractivity contribution in [3.05, 3.63) is 160 Å². The van der Waals surface area contributed by atoms with Crippen LogP contribution >= 0.6 is 46.4 Å². The van der Waals surface area contributed by atoms with Gasteiger partial charge in [0.2, 0.25) is 23.8 Å². The second kappa shape index (κ2) is 37.4. The van der Waals surface area contributed by atoms with Gasteiger partial charge in [-0.1, -0.05) is 93.8 Å². The number of rotatable bonds is 17. The van der Waals surface area contributed by atoms with E-state index in [1.54, 1.807) is 82.6 Å². The summed E-state index contributed by atoms with van der Waals surface area (Å²) in [5, 5.41) is 88.1. The van der Waals surface area contributed by atoms with E-state index >= 15 is 0 Å². The molecule has 37 heteroatoms. The van der Waals surface area contributed by atoms with Crippen molar-refractivity contribution in [2.24, 2.45) is 0 Å². The van der Waals surface area contributed by atoms with Crippen LogP contribution in [0.3, 0.4) is 0 Å². The highest BCUT2D eigenvalue weighted by atomic mass is 35.5.